The van der Waals surface area contributed by atoms with Gasteiger partial charge in [0, 0.05) is 39.0 Å². The molecule has 3 N–H and O–H groups in total. The normalized spacial score (nSPS) is 11.3. The maximum atomic E-state index is 11.9. The van der Waals surface area contributed by atoms with E-state index in [-0.39, 0.29) is 18.4 Å². The highest BCUT2D eigenvalue weighted by molar-refractivity contribution is 5.78. The highest BCUT2D eigenvalue weighted by Crippen LogP contribution is 2.02. The van der Waals surface area contributed by atoms with Crippen LogP contribution >= 0.6 is 0 Å². The second-order valence-corrected chi connectivity index (χ2v) is 7.07. The summed E-state index contributed by atoms with van der Waals surface area (Å²) in [6, 6.07) is 3.79. The molecule has 0 aliphatic heterocycles. The molecule has 7 heteroatoms. The fourth-order valence-corrected chi connectivity index (χ4v) is 2.61. The molecule has 7 nitrogen and oxygen atoms in total. The van der Waals surface area contributed by atoms with Crippen molar-refractivity contribution in [3.05, 3.63) is 24.2 Å². The number of hydrogen-bond donors (Lipinski definition) is 3. The first-order chi connectivity index (χ1) is 13.9. The van der Waals surface area contributed by atoms with Crippen molar-refractivity contribution in [2.75, 3.05) is 32.7 Å². The molecule has 1 rings (SSSR count). The Morgan fingerprint density at radius 1 is 1.14 bits per heavy atom. The number of nitrogens with one attached hydrogen (secondary N) is 2. The van der Waals surface area contributed by atoms with Crippen LogP contribution in [-0.4, -0.2) is 60.6 Å². The van der Waals surface area contributed by atoms with Crippen molar-refractivity contribution in [2.24, 2.45) is 0 Å². The first kappa shape index (κ1) is 27.1. The summed E-state index contributed by atoms with van der Waals surface area (Å²) in [5, 5.41) is 15.6. The number of aliphatic hydroxyl groups is 1. The highest BCUT2D eigenvalue weighted by Gasteiger charge is 2.12. The number of aliphatic hydroxyl groups excluding tert-OH is 1. The van der Waals surface area contributed by atoms with Crippen LogP contribution in [0.1, 0.15) is 65.1 Å². The van der Waals surface area contributed by atoms with E-state index >= 15 is 0 Å². The van der Waals surface area contributed by atoms with Gasteiger partial charge in [0.05, 0.1) is 12.4 Å². The van der Waals surface area contributed by atoms with E-state index in [4.69, 9.17) is 4.42 Å². The molecule has 0 bridgehead atoms. The minimum Gasteiger partial charge on any atom is -0.470 e. The average molecular weight is 412 g/mol. The molecule has 0 fully saturated rings. The number of hydrogen-bond acceptors (Lipinski definition) is 5. The van der Waals surface area contributed by atoms with Gasteiger partial charge in [0.25, 0.3) is 0 Å². The quantitative estimate of drug-likeness (QED) is 0.409. The van der Waals surface area contributed by atoms with Gasteiger partial charge < -0.3 is 25.1 Å². The van der Waals surface area contributed by atoms with E-state index in [2.05, 4.69) is 17.6 Å². The fourth-order valence-electron chi connectivity index (χ4n) is 2.61. The van der Waals surface area contributed by atoms with Gasteiger partial charge in [0.1, 0.15) is 5.76 Å². The van der Waals surface area contributed by atoms with Crippen LogP contribution in [0.5, 0.6) is 0 Å². The molecule has 1 aromatic heterocycles. The van der Waals surface area contributed by atoms with Crippen molar-refractivity contribution in [1.29, 1.82) is 0 Å². The molecule has 0 saturated carbocycles. The summed E-state index contributed by atoms with van der Waals surface area (Å²) >= 11 is 0. The van der Waals surface area contributed by atoms with E-state index in [9.17, 15) is 14.7 Å². The molecule has 168 valence electrons. The van der Waals surface area contributed by atoms with E-state index < -0.39 is 6.10 Å². The van der Waals surface area contributed by atoms with Crippen LogP contribution in [0.15, 0.2) is 22.8 Å². The Labute approximate surface area is 176 Å². The molecule has 2 amide bonds. The van der Waals surface area contributed by atoms with E-state index in [0.29, 0.717) is 25.8 Å². The van der Waals surface area contributed by atoms with Crippen LogP contribution in [-0.2, 0) is 9.59 Å². The molecular formula is C22H41N3O4. The summed E-state index contributed by atoms with van der Waals surface area (Å²) in [5.74, 6) is 0.973. The molecule has 1 unspecified atom stereocenters. The fraction of sp³-hybridized carbons (Fsp3) is 0.727. The van der Waals surface area contributed by atoms with E-state index in [1.807, 2.05) is 37.8 Å². The maximum absolute atomic E-state index is 11.9. The number of aryl methyl sites for hydroxylation is 1. The monoisotopic (exact) mass is 411 g/mol. The van der Waals surface area contributed by atoms with Crippen LogP contribution in [0, 0.1) is 6.92 Å². The smallest absolute Gasteiger partial charge is 0.222 e. The molecule has 0 spiro atoms. The number of carbonyl (C=O) groups excluding carboxylic acids is 2. The summed E-state index contributed by atoms with van der Waals surface area (Å²) in [5.41, 5.74) is 0. The molecule has 0 aromatic carbocycles. The van der Waals surface area contributed by atoms with Crippen molar-refractivity contribution in [3.63, 3.8) is 0 Å². The molecule has 1 heterocycles. The zero-order valence-corrected chi connectivity index (χ0v) is 18.7. The third-order valence-electron chi connectivity index (χ3n) is 4.31. The van der Waals surface area contributed by atoms with Gasteiger partial charge in [-0.25, -0.2) is 0 Å². The molecule has 29 heavy (non-hydrogen) atoms. The van der Waals surface area contributed by atoms with Crippen molar-refractivity contribution < 1.29 is 19.1 Å². The molecular weight excluding hydrogens is 370 g/mol. The Morgan fingerprint density at radius 2 is 1.90 bits per heavy atom. The molecule has 1 aromatic rings. The van der Waals surface area contributed by atoms with E-state index in [0.717, 1.165) is 44.7 Å². The lowest BCUT2D eigenvalue weighted by molar-refractivity contribution is -0.131. The lowest BCUT2D eigenvalue weighted by atomic mass is 10.2. The molecule has 0 aliphatic carbocycles. The second-order valence-electron chi connectivity index (χ2n) is 7.07. The number of carbonyl (C=O) groups is 2. The van der Waals surface area contributed by atoms with Crippen LogP contribution in [0.3, 0.4) is 0 Å². The lowest BCUT2D eigenvalue weighted by Gasteiger charge is -2.19. The number of amides is 2. The standard InChI is InChI=1S/C17H35N3O3.C5H6O/c1-4-7-11-18-13-15(21)14-19-16(22)9-8-10-17(23)20(6-3)12-5-2;1-5-3-2-4-6-5/h15,18,21H,4-14H2,1-3H3,(H,19,22);2-4H,1H3. The number of nitrogens with zero attached hydrogens (tertiary/aromatic N) is 1. The first-order valence-corrected chi connectivity index (χ1v) is 10.9. The second kappa shape index (κ2) is 18.2. The van der Waals surface area contributed by atoms with E-state index in [1.54, 1.807) is 6.26 Å². The summed E-state index contributed by atoms with van der Waals surface area (Å²) in [4.78, 5) is 25.5. The van der Waals surface area contributed by atoms with Gasteiger partial charge in [-0.3, -0.25) is 9.59 Å². The van der Waals surface area contributed by atoms with E-state index in [1.165, 1.54) is 0 Å². The molecule has 0 aliphatic rings. The zero-order chi connectivity index (χ0) is 21.9. The van der Waals surface area contributed by atoms with Gasteiger partial charge in [-0.2, -0.15) is 0 Å². The first-order valence-electron chi connectivity index (χ1n) is 10.9. The Balaban J connectivity index is 0.00000110. The summed E-state index contributed by atoms with van der Waals surface area (Å²) in [7, 11) is 0. The summed E-state index contributed by atoms with van der Waals surface area (Å²) in [6.07, 6.45) is 5.52. The van der Waals surface area contributed by atoms with Crippen molar-refractivity contribution >= 4 is 11.8 Å². The van der Waals surface area contributed by atoms with Gasteiger partial charge in [0.15, 0.2) is 0 Å². The SMILES string of the molecule is CCCCNCC(O)CNC(=O)CCCC(=O)N(CC)CCC.Cc1ccco1. The van der Waals surface area contributed by atoms with Crippen LogP contribution in [0.4, 0.5) is 0 Å². The average Bonchev–Trinajstić information content (AvgIpc) is 3.19. The summed E-state index contributed by atoms with van der Waals surface area (Å²) in [6.45, 7) is 11.2. The zero-order valence-electron chi connectivity index (χ0n) is 18.7. The van der Waals surface area contributed by atoms with Crippen molar-refractivity contribution in [3.8, 4) is 0 Å². The Hall–Kier alpha value is -1.86. The van der Waals surface area contributed by atoms with Crippen molar-refractivity contribution in [1.82, 2.24) is 15.5 Å². The third-order valence-corrected chi connectivity index (χ3v) is 4.31. The topological polar surface area (TPSA) is 94.8 Å². The Kier molecular flexibility index (Phi) is 17.0. The predicted molar refractivity (Wildman–Crippen MR) is 117 cm³/mol. The minimum absolute atomic E-state index is 0.107. The predicted octanol–water partition coefficient (Wildman–Crippen LogP) is 2.87. The minimum atomic E-state index is -0.572. The third kappa shape index (κ3) is 15.7. The lowest BCUT2D eigenvalue weighted by Crippen LogP contribution is -2.38. The van der Waals surface area contributed by atoms with Crippen LogP contribution in [0.25, 0.3) is 0 Å². The van der Waals surface area contributed by atoms with Gasteiger partial charge in [-0.05, 0) is 51.8 Å². The summed E-state index contributed by atoms with van der Waals surface area (Å²) < 4.78 is 4.83. The van der Waals surface area contributed by atoms with Gasteiger partial charge in [-0.1, -0.05) is 20.3 Å². The molecule has 1 atom stereocenters. The number of furan rings is 1. The number of unbranched alkanes of at least 4 members (excludes halogenated alkanes) is 1. The highest BCUT2D eigenvalue weighted by atomic mass is 16.3. The number of rotatable bonds is 14. The molecule has 0 radical (unpaired) electrons. The van der Waals surface area contributed by atoms with Crippen molar-refractivity contribution in [2.45, 2.75) is 72.3 Å². The van der Waals surface area contributed by atoms with Gasteiger partial charge in [-0.15, -0.1) is 0 Å². The Morgan fingerprint density at radius 3 is 2.41 bits per heavy atom. The van der Waals surface area contributed by atoms with Gasteiger partial charge in [0.2, 0.25) is 11.8 Å². The Bertz CT molecular complexity index is 520. The maximum Gasteiger partial charge on any atom is 0.222 e. The molecule has 0 saturated heterocycles. The van der Waals surface area contributed by atoms with Crippen LogP contribution in [0.2, 0.25) is 0 Å². The van der Waals surface area contributed by atoms with Gasteiger partial charge >= 0.3 is 0 Å². The van der Waals surface area contributed by atoms with Crippen LogP contribution < -0.4 is 10.6 Å². The largest absolute Gasteiger partial charge is 0.470 e.